The predicted octanol–water partition coefficient (Wildman–Crippen LogP) is 5.79. The molecule has 0 radical (unpaired) electrons. The van der Waals surface area contributed by atoms with Crippen molar-refractivity contribution in [3.8, 4) is 0 Å². The number of hydrogen-bond donors (Lipinski definition) is 4. The summed E-state index contributed by atoms with van der Waals surface area (Å²) in [5, 5.41) is 34.7. The van der Waals surface area contributed by atoms with Gasteiger partial charge >= 0.3 is 0 Å². The van der Waals surface area contributed by atoms with Crippen molar-refractivity contribution in [1.29, 1.82) is 0 Å². The quantitative estimate of drug-likeness (QED) is 0.0417. The van der Waals surface area contributed by atoms with Gasteiger partial charge in [0.15, 0.2) is 11.6 Å². The summed E-state index contributed by atoms with van der Waals surface area (Å²) in [7, 11) is 8.02. The number of nitro groups is 2. The Morgan fingerprint density at radius 1 is 0.600 bits per heavy atom. The third kappa shape index (κ3) is 22.4. The number of nitrogens with one attached hydrogen (secondary N) is 4. The van der Waals surface area contributed by atoms with Gasteiger partial charge in [-0.2, -0.15) is 23.5 Å². The van der Waals surface area contributed by atoms with Gasteiger partial charge in [-0.1, -0.05) is 38.5 Å². The van der Waals surface area contributed by atoms with Crippen LogP contribution >= 0.6 is 23.5 Å². The Bertz CT molecular complexity index is 1190. The molecule has 0 aliphatic carbocycles. The monoisotopic (exact) mass is 738 g/mol. The lowest BCUT2D eigenvalue weighted by atomic mass is 10.1. The summed E-state index contributed by atoms with van der Waals surface area (Å²) in [6, 6.07) is 8.00. The van der Waals surface area contributed by atoms with Crippen LogP contribution in [0.5, 0.6) is 0 Å². The fourth-order valence-electron chi connectivity index (χ4n) is 4.93. The average molecular weight is 739 g/mol. The summed E-state index contributed by atoms with van der Waals surface area (Å²) in [6.45, 7) is 4.14. The molecule has 4 N–H and O–H groups in total. The Balaban J connectivity index is 1.46. The standard InChI is InChI=1S/C34H58N8O6S2/c1-39(2)23-29-13-15-31(47-29)27-49-21-19-37-33(25-41(43)44)35-17-11-9-7-5-6-8-10-12-18-36-34(26-42(45)46)38-20-22-50-28-32-16-14-30(48-32)24-40(3)4/h13-16,25-26,35-38H,5-12,17-24,27-28H2,1-4H3. The van der Waals surface area contributed by atoms with Crippen LogP contribution in [-0.2, 0) is 24.6 Å². The van der Waals surface area contributed by atoms with E-state index in [1.165, 1.54) is 0 Å². The summed E-state index contributed by atoms with van der Waals surface area (Å²) < 4.78 is 11.6. The molecule has 0 bridgehead atoms. The molecule has 0 spiro atoms. The molecular formula is C34H58N8O6S2. The third-order valence-electron chi connectivity index (χ3n) is 7.19. The van der Waals surface area contributed by atoms with Crippen LogP contribution in [0.25, 0.3) is 0 Å². The summed E-state index contributed by atoms with van der Waals surface area (Å²) in [5.74, 6) is 7.78. The van der Waals surface area contributed by atoms with Crippen molar-refractivity contribution in [2.75, 3.05) is 65.9 Å². The van der Waals surface area contributed by atoms with Crippen LogP contribution in [-0.4, -0.2) is 85.5 Å². The molecule has 14 nitrogen and oxygen atoms in total. The third-order valence-corrected chi connectivity index (χ3v) is 9.16. The van der Waals surface area contributed by atoms with E-state index >= 15 is 0 Å². The summed E-state index contributed by atoms with van der Waals surface area (Å²) in [4.78, 5) is 25.4. The number of unbranched alkanes of at least 4 members (excludes halogenated alkanes) is 7. The van der Waals surface area contributed by atoms with Gasteiger partial charge < -0.3 is 39.9 Å². The maximum Gasteiger partial charge on any atom is 0.274 e. The predicted molar refractivity (Wildman–Crippen MR) is 204 cm³/mol. The zero-order chi connectivity index (χ0) is 36.4. The molecule has 2 heterocycles. The molecule has 282 valence electrons. The van der Waals surface area contributed by atoms with Gasteiger partial charge in [0, 0.05) is 37.7 Å². The van der Waals surface area contributed by atoms with Crippen molar-refractivity contribution in [2.24, 2.45) is 0 Å². The van der Waals surface area contributed by atoms with Crippen LogP contribution in [0.4, 0.5) is 0 Å². The molecule has 0 aliphatic rings. The minimum atomic E-state index is -0.435. The molecule has 2 aromatic heterocycles. The van der Waals surface area contributed by atoms with E-state index < -0.39 is 9.85 Å². The van der Waals surface area contributed by atoms with Gasteiger partial charge in [-0.05, 0) is 65.3 Å². The van der Waals surface area contributed by atoms with E-state index in [1.54, 1.807) is 23.5 Å². The summed E-state index contributed by atoms with van der Waals surface area (Å²) in [5.41, 5.74) is 0. The summed E-state index contributed by atoms with van der Waals surface area (Å²) in [6.07, 6.45) is 10.5. The maximum absolute atomic E-state index is 11.1. The number of thioether (sulfide) groups is 2. The van der Waals surface area contributed by atoms with Crippen molar-refractivity contribution in [3.05, 3.63) is 91.6 Å². The first-order chi connectivity index (χ1) is 24.1. The highest BCUT2D eigenvalue weighted by Gasteiger charge is 2.07. The van der Waals surface area contributed by atoms with Gasteiger partial charge in [0.1, 0.15) is 23.0 Å². The van der Waals surface area contributed by atoms with Gasteiger partial charge in [0.25, 0.3) is 12.4 Å². The van der Waals surface area contributed by atoms with Crippen molar-refractivity contribution in [1.82, 2.24) is 31.1 Å². The van der Waals surface area contributed by atoms with E-state index in [9.17, 15) is 20.2 Å². The normalized spacial score (nSPS) is 12.1. The molecule has 0 saturated heterocycles. The van der Waals surface area contributed by atoms with Crippen LogP contribution in [0, 0.1) is 20.2 Å². The zero-order valence-corrected chi connectivity index (χ0v) is 31.9. The lowest BCUT2D eigenvalue weighted by molar-refractivity contribution is -0.404. The largest absolute Gasteiger partial charge is 0.464 e. The first-order valence-electron chi connectivity index (χ1n) is 17.4. The highest BCUT2D eigenvalue weighted by molar-refractivity contribution is 7.98. The minimum absolute atomic E-state index is 0.435. The Morgan fingerprint density at radius 2 is 0.940 bits per heavy atom. The minimum Gasteiger partial charge on any atom is -0.464 e. The molecule has 0 aromatic carbocycles. The van der Waals surface area contributed by atoms with E-state index in [0.717, 1.165) is 123 Å². The van der Waals surface area contributed by atoms with Crippen molar-refractivity contribution < 1.29 is 18.7 Å². The second-order valence-corrected chi connectivity index (χ2v) is 14.7. The molecule has 2 rings (SSSR count). The van der Waals surface area contributed by atoms with Crippen molar-refractivity contribution in [2.45, 2.75) is 76.0 Å². The smallest absolute Gasteiger partial charge is 0.274 e. The molecule has 0 unspecified atom stereocenters. The number of furan rings is 2. The highest BCUT2D eigenvalue weighted by Crippen LogP contribution is 2.17. The Labute approximate surface area is 305 Å². The van der Waals surface area contributed by atoms with Gasteiger partial charge in [-0.25, -0.2) is 0 Å². The van der Waals surface area contributed by atoms with Gasteiger partial charge in [-0.3, -0.25) is 20.2 Å². The van der Waals surface area contributed by atoms with Crippen LogP contribution < -0.4 is 21.3 Å². The summed E-state index contributed by atoms with van der Waals surface area (Å²) >= 11 is 3.44. The number of nitrogens with zero attached hydrogens (tertiary/aromatic N) is 4. The fourth-order valence-corrected chi connectivity index (χ4v) is 6.42. The molecule has 16 heteroatoms. The van der Waals surface area contributed by atoms with E-state index in [2.05, 4.69) is 31.1 Å². The number of rotatable bonds is 31. The van der Waals surface area contributed by atoms with E-state index in [-0.39, 0.29) is 0 Å². The Kier molecular flexibility index (Phi) is 22.7. The first-order valence-corrected chi connectivity index (χ1v) is 19.7. The van der Waals surface area contributed by atoms with Crippen LogP contribution in [0.3, 0.4) is 0 Å². The Hall–Kier alpha value is -3.34. The van der Waals surface area contributed by atoms with Gasteiger partial charge in [-0.15, -0.1) is 0 Å². The second kappa shape index (κ2) is 26.5. The van der Waals surface area contributed by atoms with E-state index in [0.29, 0.717) is 37.8 Å². The Morgan fingerprint density at radius 3 is 1.30 bits per heavy atom. The highest BCUT2D eigenvalue weighted by atomic mass is 32.2. The fraction of sp³-hybridized carbons (Fsp3) is 0.647. The van der Waals surface area contributed by atoms with Gasteiger partial charge in [0.2, 0.25) is 0 Å². The second-order valence-electron chi connectivity index (χ2n) is 12.5. The lowest BCUT2D eigenvalue weighted by Gasteiger charge is -2.11. The molecule has 0 atom stereocenters. The number of hydrogen-bond acceptors (Lipinski definition) is 14. The topological polar surface area (TPSA) is 167 Å². The van der Waals surface area contributed by atoms with Crippen LogP contribution in [0.15, 0.2) is 57.1 Å². The maximum atomic E-state index is 11.1. The molecular weight excluding hydrogens is 681 g/mol. The zero-order valence-electron chi connectivity index (χ0n) is 30.2. The van der Waals surface area contributed by atoms with E-state index in [4.69, 9.17) is 8.83 Å². The first kappa shape index (κ1) is 42.8. The molecule has 0 fully saturated rings. The van der Waals surface area contributed by atoms with Crippen molar-refractivity contribution >= 4 is 23.5 Å². The van der Waals surface area contributed by atoms with Crippen molar-refractivity contribution in [3.63, 3.8) is 0 Å². The molecule has 0 aliphatic heterocycles. The van der Waals surface area contributed by atoms with Crippen LogP contribution in [0.1, 0.15) is 74.4 Å². The molecule has 0 saturated carbocycles. The molecule has 0 amide bonds. The van der Waals surface area contributed by atoms with E-state index in [1.807, 2.05) is 52.5 Å². The SMILES string of the molecule is CN(C)Cc1ccc(CSCCNC(=C[N+](=O)[O-])NCCCCCCCCCCNC(=C[N+](=O)[O-])NCCSCc2ccc(CN(C)C)o2)o1. The molecule has 50 heavy (non-hydrogen) atoms. The van der Waals surface area contributed by atoms with Crippen LogP contribution in [0.2, 0.25) is 0 Å². The van der Waals surface area contributed by atoms with Gasteiger partial charge in [0.05, 0.1) is 34.4 Å². The lowest BCUT2D eigenvalue weighted by Crippen LogP contribution is -2.29. The average Bonchev–Trinajstić information content (AvgIpc) is 3.68. The molecule has 2 aromatic rings.